The standard InChI is InChI=1S/C19H30O4/c1-13-11-15(7-8-17(21)23-10-9-14(2)20)12-16(18(13)22-6)19(3,4)5/h11-12,14,20H,7-10H2,1-6H3. The Morgan fingerprint density at radius 1 is 1.30 bits per heavy atom. The maximum Gasteiger partial charge on any atom is 0.306 e. The smallest absolute Gasteiger partial charge is 0.306 e. The lowest BCUT2D eigenvalue weighted by Gasteiger charge is -2.24. The first-order chi connectivity index (χ1) is 10.6. The van der Waals surface area contributed by atoms with Gasteiger partial charge in [0.1, 0.15) is 5.75 Å². The molecule has 0 aliphatic rings. The van der Waals surface area contributed by atoms with Gasteiger partial charge in [0.05, 0.1) is 19.8 Å². The molecular weight excluding hydrogens is 292 g/mol. The topological polar surface area (TPSA) is 55.8 Å². The number of rotatable bonds is 7. The van der Waals surface area contributed by atoms with Gasteiger partial charge in [0.25, 0.3) is 0 Å². The number of aryl methyl sites for hydroxylation is 2. The summed E-state index contributed by atoms with van der Waals surface area (Å²) in [7, 11) is 1.69. The van der Waals surface area contributed by atoms with E-state index in [4.69, 9.17) is 14.6 Å². The Morgan fingerprint density at radius 2 is 1.96 bits per heavy atom. The Morgan fingerprint density at radius 3 is 2.48 bits per heavy atom. The molecule has 4 heteroatoms. The minimum atomic E-state index is -0.443. The molecule has 0 radical (unpaired) electrons. The number of aliphatic hydroxyl groups excluding tert-OH is 1. The van der Waals surface area contributed by atoms with Gasteiger partial charge in [-0.15, -0.1) is 0 Å². The molecule has 1 unspecified atom stereocenters. The SMILES string of the molecule is COc1c(C)cc(CCC(=O)OCCC(C)O)cc1C(C)(C)C. The normalized spacial score (nSPS) is 12.8. The number of carbonyl (C=O) groups excluding carboxylic acids is 1. The zero-order valence-electron chi connectivity index (χ0n) is 15.2. The summed E-state index contributed by atoms with van der Waals surface area (Å²) in [5.74, 6) is 0.692. The second-order valence-corrected chi connectivity index (χ2v) is 7.10. The number of carbonyl (C=O) groups is 1. The molecule has 23 heavy (non-hydrogen) atoms. The first kappa shape index (κ1) is 19.5. The third-order valence-corrected chi connectivity index (χ3v) is 3.76. The molecule has 1 aromatic rings. The van der Waals surface area contributed by atoms with E-state index in [1.165, 1.54) is 0 Å². The molecule has 1 N–H and O–H groups in total. The average Bonchev–Trinajstić information content (AvgIpc) is 2.43. The van der Waals surface area contributed by atoms with Gasteiger partial charge in [-0.25, -0.2) is 0 Å². The fraction of sp³-hybridized carbons (Fsp3) is 0.632. The predicted octanol–water partition coefficient (Wildman–Crippen LogP) is 3.55. The first-order valence-electron chi connectivity index (χ1n) is 8.16. The van der Waals surface area contributed by atoms with Crippen LogP contribution in [0.5, 0.6) is 5.75 Å². The third kappa shape index (κ3) is 6.22. The molecule has 0 aliphatic carbocycles. The predicted molar refractivity (Wildman–Crippen MR) is 92.0 cm³/mol. The fourth-order valence-corrected chi connectivity index (χ4v) is 2.48. The van der Waals surface area contributed by atoms with E-state index in [9.17, 15) is 4.79 Å². The molecule has 0 aliphatic heterocycles. The van der Waals surface area contributed by atoms with E-state index < -0.39 is 6.10 Å². The van der Waals surface area contributed by atoms with Gasteiger partial charge in [-0.3, -0.25) is 4.79 Å². The van der Waals surface area contributed by atoms with Gasteiger partial charge >= 0.3 is 5.97 Å². The molecule has 0 amide bonds. The van der Waals surface area contributed by atoms with Crippen molar-refractivity contribution in [2.24, 2.45) is 0 Å². The number of ether oxygens (including phenoxy) is 2. The second kappa shape index (κ2) is 8.34. The molecule has 1 rings (SSSR count). The van der Waals surface area contributed by atoms with Crippen molar-refractivity contribution in [3.05, 3.63) is 28.8 Å². The van der Waals surface area contributed by atoms with Crippen LogP contribution in [-0.2, 0) is 21.4 Å². The lowest BCUT2D eigenvalue weighted by atomic mass is 9.83. The van der Waals surface area contributed by atoms with Crippen LogP contribution in [0.1, 0.15) is 57.2 Å². The van der Waals surface area contributed by atoms with Gasteiger partial charge < -0.3 is 14.6 Å². The monoisotopic (exact) mass is 322 g/mol. The highest BCUT2D eigenvalue weighted by Gasteiger charge is 2.21. The number of esters is 1. The number of hydrogen-bond donors (Lipinski definition) is 1. The molecule has 1 aromatic carbocycles. The van der Waals surface area contributed by atoms with Crippen LogP contribution in [0.4, 0.5) is 0 Å². The fourth-order valence-electron chi connectivity index (χ4n) is 2.48. The highest BCUT2D eigenvalue weighted by molar-refractivity contribution is 5.69. The summed E-state index contributed by atoms with van der Waals surface area (Å²) in [5, 5.41) is 9.16. The van der Waals surface area contributed by atoms with E-state index in [0.717, 1.165) is 22.4 Å². The Balaban J connectivity index is 2.74. The Labute approximate surface area is 139 Å². The maximum absolute atomic E-state index is 11.8. The summed E-state index contributed by atoms with van der Waals surface area (Å²) < 4.78 is 10.7. The maximum atomic E-state index is 11.8. The molecule has 4 nitrogen and oxygen atoms in total. The van der Waals surface area contributed by atoms with E-state index in [2.05, 4.69) is 32.9 Å². The minimum absolute atomic E-state index is 0.0239. The van der Waals surface area contributed by atoms with Crippen LogP contribution in [0, 0.1) is 6.92 Å². The largest absolute Gasteiger partial charge is 0.496 e. The molecular formula is C19H30O4. The van der Waals surface area contributed by atoms with Crippen LogP contribution in [0.2, 0.25) is 0 Å². The number of methoxy groups -OCH3 is 1. The minimum Gasteiger partial charge on any atom is -0.496 e. The second-order valence-electron chi connectivity index (χ2n) is 7.10. The first-order valence-corrected chi connectivity index (χ1v) is 8.16. The molecule has 0 bridgehead atoms. The molecule has 0 spiro atoms. The van der Waals surface area contributed by atoms with E-state index in [-0.39, 0.29) is 18.0 Å². The van der Waals surface area contributed by atoms with Crippen molar-refractivity contribution in [3.8, 4) is 5.75 Å². The van der Waals surface area contributed by atoms with Gasteiger partial charge in [-0.1, -0.05) is 32.9 Å². The molecule has 0 aromatic heterocycles. The number of benzene rings is 1. The van der Waals surface area contributed by atoms with E-state index in [1.807, 2.05) is 6.92 Å². The van der Waals surface area contributed by atoms with Crippen molar-refractivity contribution in [1.29, 1.82) is 0 Å². The van der Waals surface area contributed by atoms with Crippen molar-refractivity contribution >= 4 is 5.97 Å². The highest BCUT2D eigenvalue weighted by atomic mass is 16.5. The lowest BCUT2D eigenvalue weighted by Crippen LogP contribution is -2.15. The van der Waals surface area contributed by atoms with Crippen molar-refractivity contribution in [1.82, 2.24) is 0 Å². The van der Waals surface area contributed by atoms with Crippen LogP contribution in [0.25, 0.3) is 0 Å². The van der Waals surface area contributed by atoms with Gasteiger partial charge in [0.2, 0.25) is 0 Å². The Hall–Kier alpha value is -1.55. The van der Waals surface area contributed by atoms with Gasteiger partial charge in [0, 0.05) is 18.4 Å². The highest BCUT2D eigenvalue weighted by Crippen LogP contribution is 2.35. The van der Waals surface area contributed by atoms with Crippen LogP contribution in [0.3, 0.4) is 0 Å². The van der Waals surface area contributed by atoms with Crippen molar-refractivity contribution in [2.45, 2.75) is 65.4 Å². The zero-order chi connectivity index (χ0) is 17.6. The lowest BCUT2D eigenvalue weighted by molar-refractivity contribution is -0.144. The van der Waals surface area contributed by atoms with Crippen molar-refractivity contribution < 1.29 is 19.4 Å². The van der Waals surface area contributed by atoms with Crippen LogP contribution >= 0.6 is 0 Å². The summed E-state index contributed by atoms with van der Waals surface area (Å²) in [6, 6.07) is 4.19. The molecule has 130 valence electrons. The Kier molecular flexibility index (Phi) is 7.07. The average molecular weight is 322 g/mol. The zero-order valence-corrected chi connectivity index (χ0v) is 15.2. The van der Waals surface area contributed by atoms with Crippen molar-refractivity contribution in [3.63, 3.8) is 0 Å². The molecule has 1 atom stereocenters. The molecule has 0 saturated heterocycles. The molecule has 0 fully saturated rings. The summed E-state index contributed by atoms with van der Waals surface area (Å²) in [6.07, 6.45) is 1.01. The van der Waals surface area contributed by atoms with Gasteiger partial charge in [-0.05, 0) is 36.8 Å². The van der Waals surface area contributed by atoms with Crippen molar-refractivity contribution in [2.75, 3.05) is 13.7 Å². The van der Waals surface area contributed by atoms with Crippen LogP contribution in [-0.4, -0.2) is 30.9 Å². The number of hydrogen-bond acceptors (Lipinski definition) is 4. The van der Waals surface area contributed by atoms with Crippen LogP contribution < -0.4 is 4.74 Å². The van der Waals surface area contributed by atoms with Gasteiger partial charge in [0.15, 0.2) is 0 Å². The van der Waals surface area contributed by atoms with E-state index >= 15 is 0 Å². The summed E-state index contributed by atoms with van der Waals surface area (Å²) >= 11 is 0. The van der Waals surface area contributed by atoms with Crippen LogP contribution in [0.15, 0.2) is 12.1 Å². The van der Waals surface area contributed by atoms with E-state index in [0.29, 0.717) is 19.3 Å². The quantitative estimate of drug-likeness (QED) is 0.780. The Bertz CT molecular complexity index is 527. The third-order valence-electron chi connectivity index (χ3n) is 3.76. The molecule has 0 heterocycles. The summed E-state index contributed by atoms with van der Waals surface area (Å²) in [5.41, 5.74) is 3.32. The van der Waals surface area contributed by atoms with E-state index in [1.54, 1.807) is 14.0 Å². The summed E-state index contributed by atoms with van der Waals surface area (Å²) in [6.45, 7) is 10.4. The molecule has 0 saturated carbocycles. The van der Waals surface area contributed by atoms with Gasteiger partial charge in [-0.2, -0.15) is 0 Å². The number of aliphatic hydroxyl groups is 1. The summed E-state index contributed by atoms with van der Waals surface area (Å²) in [4.78, 5) is 11.8.